The van der Waals surface area contributed by atoms with Gasteiger partial charge in [-0.3, -0.25) is 4.79 Å². The summed E-state index contributed by atoms with van der Waals surface area (Å²) in [5.41, 5.74) is 5.46. The predicted molar refractivity (Wildman–Crippen MR) is 65.4 cm³/mol. The van der Waals surface area contributed by atoms with Crippen molar-refractivity contribution in [3.05, 3.63) is 23.7 Å². The molecule has 0 aliphatic carbocycles. The molecule has 1 aromatic rings. The van der Waals surface area contributed by atoms with Gasteiger partial charge >= 0.3 is 0 Å². The second-order valence-corrected chi connectivity index (χ2v) is 5.01. The van der Waals surface area contributed by atoms with Crippen LogP contribution < -0.4 is 5.73 Å². The highest BCUT2D eigenvalue weighted by molar-refractivity contribution is 5.91. The molecule has 1 fully saturated rings. The molecule has 0 spiro atoms. The molecular formula is C13H20N2O2. The summed E-state index contributed by atoms with van der Waals surface area (Å²) >= 11 is 0. The van der Waals surface area contributed by atoms with E-state index in [1.807, 2.05) is 4.90 Å². The first-order valence-corrected chi connectivity index (χ1v) is 6.20. The number of hydrogen-bond acceptors (Lipinski definition) is 3. The lowest BCUT2D eigenvalue weighted by Crippen LogP contribution is -2.29. The minimum atomic E-state index is -0.00662. The van der Waals surface area contributed by atoms with Gasteiger partial charge in [-0.2, -0.15) is 0 Å². The zero-order valence-corrected chi connectivity index (χ0v) is 10.5. The van der Waals surface area contributed by atoms with Gasteiger partial charge in [0.25, 0.3) is 5.91 Å². The standard InChI is InChI=1S/C13H20N2O2/c1-9(2)10-5-6-15(8-10)13(16)12-4-3-11(7-14)17-12/h3-4,9-10H,5-8,14H2,1-2H3. The molecule has 17 heavy (non-hydrogen) atoms. The van der Waals surface area contributed by atoms with Crippen molar-refractivity contribution in [2.24, 2.45) is 17.6 Å². The molecule has 2 rings (SSSR count). The first-order valence-electron chi connectivity index (χ1n) is 6.20. The lowest BCUT2D eigenvalue weighted by atomic mass is 9.95. The maximum Gasteiger partial charge on any atom is 0.289 e. The van der Waals surface area contributed by atoms with Crippen LogP contribution in [0.4, 0.5) is 0 Å². The Bertz CT molecular complexity index is 398. The van der Waals surface area contributed by atoms with Crippen LogP contribution in [0.3, 0.4) is 0 Å². The summed E-state index contributed by atoms with van der Waals surface area (Å²) in [5, 5.41) is 0. The van der Waals surface area contributed by atoms with Gasteiger partial charge < -0.3 is 15.1 Å². The summed E-state index contributed by atoms with van der Waals surface area (Å²) in [5.74, 6) is 2.31. The average Bonchev–Trinajstić information content (AvgIpc) is 2.97. The number of carbonyl (C=O) groups excluding carboxylic acids is 1. The molecule has 94 valence electrons. The molecule has 0 saturated carbocycles. The van der Waals surface area contributed by atoms with Gasteiger partial charge in [-0.25, -0.2) is 0 Å². The third-order valence-corrected chi connectivity index (χ3v) is 3.53. The zero-order valence-electron chi connectivity index (χ0n) is 10.5. The SMILES string of the molecule is CC(C)C1CCN(C(=O)c2ccc(CN)o2)C1. The number of rotatable bonds is 3. The van der Waals surface area contributed by atoms with Crippen molar-refractivity contribution < 1.29 is 9.21 Å². The summed E-state index contributed by atoms with van der Waals surface area (Å²) < 4.78 is 5.39. The number of likely N-dealkylation sites (tertiary alicyclic amines) is 1. The van der Waals surface area contributed by atoms with E-state index in [1.165, 1.54) is 0 Å². The molecule has 1 aromatic heterocycles. The summed E-state index contributed by atoms with van der Waals surface area (Å²) in [6.07, 6.45) is 1.09. The maximum absolute atomic E-state index is 12.1. The molecule has 0 aromatic carbocycles. The largest absolute Gasteiger partial charge is 0.455 e. The summed E-state index contributed by atoms with van der Waals surface area (Å²) in [7, 11) is 0. The Morgan fingerprint density at radius 3 is 2.88 bits per heavy atom. The highest BCUT2D eigenvalue weighted by atomic mass is 16.4. The van der Waals surface area contributed by atoms with E-state index in [1.54, 1.807) is 12.1 Å². The van der Waals surface area contributed by atoms with Crippen LogP contribution in [0.1, 0.15) is 36.6 Å². The number of nitrogens with zero attached hydrogens (tertiary/aromatic N) is 1. The number of nitrogens with two attached hydrogens (primary N) is 1. The second kappa shape index (κ2) is 4.92. The van der Waals surface area contributed by atoms with Crippen LogP contribution in [-0.4, -0.2) is 23.9 Å². The van der Waals surface area contributed by atoms with E-state index in [0.717, 1.165) is 19.5 Å². The quantitative estimate of drug-likeness (QED) is 0.871. The van der Waals surface area contributed by atoms with Gasteiger partial charge in [0.05, 0.1) is 6.54 Å². The van der Waals surface area contributed by atoms with Crippen LogP contribution in [0.25, 0.3) is 0 Å². The van der Waals surface area contributed by atoms with Crippen molar-refractivity contribution in [1.82, 2.24) is 4.90 Å². The van der Waals surface area contributed by atoms with Crippen molar-refractivity contribution in [2.45, 2.75) is 26.8 Å². The molecular weight excluding hydrogens is 216 g/mol. The third kappa shape index (κ3) is 2.52. The number of carbonyl (C=O) groups is 1. The first kappa shape index (κ1) is 12.2. The molecule has 4 nitrogen and oxygen atoms in total. The fraction of sp³-hybridized carbons (Fsp3) is 0.615. The zero-order chi connectivity index (χ0) is 12.4. The van der Waals surface area contributed by atoms with E-state index in [-0.39, 0.29) is 5.91 Å². The molecule has 1 saturated heterocycles. The van der Waals surface area contributed by atoms with Gasteiger partial charge in [-0.1, -0.05) is 13.8 Å². The lowest BCUT2D eigenvalue weighted by molar-refractivity contribution is 0.0750. The average molecular weight is 236 g/mol. The molecule has 1 aliphatic rings. The number of furan rings is 1. The van der Waals surface area contributed by atoms with Crippen molar-refractivity contribution in [2.75, 3.05) is 13.1 Å². The Morgan fingerprint density at radius 2 is 2.35 bits per heavy atom. The highest BCUT2D eigenvalue weighted by Crippen LogP contribution is 2.25. The van der Waals surface area contributed by atoms with Gasteiger partial charge in [0, 0.05) is 13.1 Å². The Morgan fingerprint density at radius 1 is 1.59 bits per heavy atom. The monoisotopic (exact) mass is 236 g/mol. The second-order valence-electron chi connectivity index (χ2n) is 5.01. The maximum atomic E-state index is 12.1. The highest BCUT2D eigenvalue weighted by Gasteiger charge is 2.29. The predicted octanol–water partition coefficient (Wildman–Crippen LogP) is 1.86. The summed E-state index contributed by atoms with van der Waals surface area (Å²) in [6.45, 7) is 6.42. The molecule has 0 bridgehead atoms. The molecule has 1 amide bonds. The van der Waals surface area contributed by atoms with Crippen LogP contribution in [0.5, 0.6) is 0 Å². The van der Waals surface area contributed by atoms with Crippen LogP contribution in [0, 0.1) is 11.8 Å². The molecule has 0 radical (unpaired) electrons. The van der Waals surface area contributed by atoms with Gasteiger partial charge in [0.15, 0.2) is 5.76 Å². The van der Waals surface area contributed by atoms with Crippen molar-refractivity contribution in [3.63, 3.8) is 0 Å². The van der Waals surface area contributed by atoms with Gasteiger partial charge in [0.2, 0.25) is 0 Å². The van der Waals surface area contributed by atoms with Crippen molar-refractivity contribution in [1.29, 1.82) is 0 Å². The van der Waals surface area contributed by atoms with Gasteiger partial charge in [-0.15, -0.1) is 0 Å². The molecule has 1 atom stereocenters. The smallest absolute Gasteiger partial charge is 0.289 e. The van der Waals surface area contributed by atoms with E-state index in [0.29, 0.717) is 29.9 Å². The number of hydrogen-bond donors (Lipinski definition) is 1. The summed E-state index contributed by atoms with van der Waals surface area (Å²) in [6, 6.07) is 3.48. The lowest BCUT2D eigenvalue weighted by Gasteiger charge is -2.16. The molecule has 2 N–H and O–H groups in total. The van der Waals surface area contributed by atoms with Crippen LogP contribution in [0.15, 0.2) is 16.5 Å². The fourth-order valence-corrected chi connectivity index (χ4v) is 2.27. The first-order chi connectivity index (χ1) is 8.11. The third-order valence-electron chi connectivity index (χ3n) is 3.53. The van der Waals surface area contributed by atoms with Gasteiger partial charge in [-0.05, 0) is 30.4 Å². The number of amides is 1. The van der Waals surface area contributed by atoms with Crippen molar-refractivity contribution >= 4 is 5.91 Å². The fourth-order valence-electron chi connectivity index (χ4n) is 2.27. The van der Waals surface area contributed by atoms with Crippen LogP contribution >= 0.6 is 0 Å². The van der Waals surface area contributed by atoms with E-state index in [2.05, 4.69) is 13.8 Å². The summed E-state index contributed by atoms with van der Waals surface area (Å²) in [4.78, 5) is 14.0. The van der Waals surface area contributed by atoms with E-state index in [9.17, 15) is 4.79 Å². The van der Waals surface area contributed by atoms with Gasteiger partial charge in [0.1, 0.15) is 5.76 Å². The normalized spacial score (nSPS) is 20.2. The Balaban J connectivity index is 2.01. The Hall–Kier alpha value is -1.29. The topological polar surface area (TPSA) is 59.5 Å². The van der Waals surface area contributed by atoms with E-state index in [4.69, 9.17) is 10.2 Å². The molecule has 2 heterocycles. The van der Waals surface area contributed by atoms with Crippen LogP contribution in [-0.2, 0) is 6.54 Å². The molecule has 1 aliphatic heterocycles. The molecule has 1 unspecified atom stereocenters. The minimum absolute atomic E-state index is 0.00662. The van der Waals surface area contributed by atoms with E-state index < -0.39 is 0 Å². The van der Waals surface area contributed by atoms with E-state index >= 15 is 0 Å². The molecule has 4 heteroatoms. The Labute approximate surface area is 102 Å². The van der Waals surface area contributed by atoms with Crippen LogP contribution in [0.2, 0.25) is 0 Å². The van der Waals surface area contributed by atoms with Crippen molar-refractivity contribution in [3.8, 4) is 0 Å². The minimum Gasteiger partial charge on any atom is -0.455 e. The Kier molecular flexibility index (Phi) is 3.52.